The molecule has 3 aromatic carbocycles. The summed E-state index contributed by atoms with van der Waals surface area (Å²) in [5.41, 5.74) is 3.39. The minimum absolute atomic E-state index is 0.0304. The second-order valence-corrected chi connectivity index (χ2v) is 7.70. The summed E-state index contributed by atoms with van der Waals surface area (Å²) in [6, 6.07) is 28.4. The molecular formula is C23H23ClN5+. The van der Waals surface area contributed by atoms with Crippen LogP contribution in [0.3, 0.4) is 0 Å². The Hall–Kier alpha value is -3.02. The second kappa shape index (κ2) is 8.55. The first kappa shape index (κ1) is 19.3. The Kier molecular flexibility index (Phi) is 5.69. The lowest BCUT2D eigenvalue weighted by molar-refractivity contribution is -0.886. The van der Waals surface area contributed by atoms with Crippen molar-refractivity contribution in [1.82, 2.24) is 20.2 Å². The molecule has 0 aliphatic heterocycles. The van der Waals surface area contributed by atoms with E-state index in [1.807, 2.05) is 65.3 Å². The number of nitrogens with one attached hydrogen (secondary N) is 1. The number of hydrogen-bond acceptors (Lipinski definition) is 3. The van der Waals surface area contributed by atoms with E-state index in [9.17, 15) is 0 Å². The monoisotopic (exact) mass is 404 g/mol. The molecule has 146 valence electrons. The van der Waals surface area contributed by atoms with E-state index in [2.05, 4.69) is 53.9 Å². The zero-order chi connectivity index (χ0) is 20.2. The van der Waals surface area contributed by atoms with Crippen molar-refractivity contribution in [3.05, 3.63) is 112 Å². The van der Waals surface area contributed by atoms with E-state index >= 15 is 0 Å². The Labute approximate surface area is 175 Å². The number of hydrogen-bond donors (Lipinski definition) is 1. The van der Waals surface area contributed by atoms with Gasteiger partial charge in [0.1, 0.15) is 6.04 Å². The number of tetrazole rings is 1. The maximum absolute atomic E-state index is 6.11. The topological polar surface area (TPSA) is 48.0 Å². The van der Waals surface area contributed by atoms with Crippen LogP contribution in [0.5, 0.6) is 0 Å². The van der Waals surface area contributed by atoms with Crippen LogP contribution in [0.25, 0.3) is 0 Å². The number of rotatable bonds is 6. The molecule has 1 heterocycles. The van der Waals surface area contributed by atoms with Crippen LogP contribution >= 0.6 is 11.6 Å². The third-order valence-corrected chi connectivity index (χ3v) is 5.28. The standard InChI is InChI=1S/C23H22ClN5/c1-28(2)22(19-13-15-20(24)16-14-19)23-25-26-27-29(23)21(17-9-5-3-6-10-17)18-11-7-4-8-12-18/h3-16,21-22H,1-2H3/p+1/t22-/m1/s1. The van der Waals surface area contributed by atoms with Gasteiger partial charge >= 0.3 is 0 Å². The van der Waals surface area contributed by atoms with Crippen LogP contribution in [0.2, 0.25) is 5.02 Å². The van der Waals surface area contributed by atoms with Crippen molar-refractivity contribution in [2.75, 3.05) is 14.1 Å². The Balaban J connectivity index is 1.86. The average Bonchev–Trinajstić information content (AvgIpc) is 3.20. The highest BCUT2D eigenvalue weighted by Gasteiger charge is 2.31. The van der Waals surface area contributed by atoms with Gasteiger partial charge in [0.05, 0.1) is 14.1 Å². The third-order valence-electron chi connectivity index (χ3n) is 5.03. The highest BCUT2D eigenvalue weighted by Crippen LogP contribution is 2.29. The Morgan fingerprint density at radius 2 is 1.31 bits per heavy atom. The van der Waals surface area contributed by atoms with Crippen LogP contribution in [0.4, 0.5) is 0 Å². The van der Waals surface area contributed by atoms with Crippen molar-refractivity contribution < 1.29 is 4.90 Å². The molecule has 0 saturated heterocycles. The SMILES string of the molecule is C[NH+](C)[C@H](c1ccc(Cl)cc1)c1nnnn1C(c1ccccc1)c1ccccc1. The molecule has 0 spiro atoms. The Morgan fingerprint density at radius 3 is 1.83 bits per heavy atom. The molecule has 29 heavy (non-hydrogen) atoms. The van der Waals surface area contributed by atoms with Gasteiger partial charge in [-0.1, -0.05) is 84.4 Å². The van der Waals surface area contributed by atoms with Crippen LogP contribution in [0.15, 0.2) is 84.9 Å². The molecule has 0 bridgehead atoms. The Morgan fingerprint density at radius 1 is 0.759 bits per heavy atom. The molecule has 0 fully saturated rings. The summed E-state index contributed by atoms with van der Waals surface area (Å²) in [6.07, 6.45) is 0. The number of aromatic nitrogens is 4. The molecule has 0 aliphatic carbocycles. The molecule has 1 aromatic heterocycles. The third kappa shape index (κ3) is 4.06. The molecule has 0 saturated carbocycles. The summed E-state index contributed by atoms with van der Waals surface area (Å²) in [5, 5.41) is 13.7. The first-order chi connectivity index (χ1) is 14.1. The van der Waals surface area contributed by atoms with Crippen molar-refractivity contribution in [3.8, 4) is 0 Å². The first-order valence-corrected chi connectivity index (χ1v) is 9.96. The minimum Gasteiger partial charge on any atom is -0.327 e. The fraction of sp³-hybridized carbons (Fsp3) is 0.174. The highest BCUT2D eigenvalue weighted by molar-refractivity contribution is 6.30. The van der Waals surface area contributed by atoms with Gasteiger partial charge in [0, 0.05) is 10.6 Å². The smallest absolute Gasteiger partial charge is 0.215 e. The lowest BCUT2D eigenvalue weighted by Crippen LogP contribution is -3.06. The van der Waals surface area contributed by atoms with Gasteiger partial charge in [0.15, 0.2) is 6.04 Å². The summed E-state index contributed by atoms with van der Waals surface area (Å²) in [6.45, 7) is 0. The lowest BCUT2D eigenvalue weighted by Gasteiger charge is -2.25. The van der Waals surface area contributed by atoms with E-state index in [1.54, 1.807) is 0 Å². The van der Waals surface area contributed by atoms with Crippen LogP contribution in [0.1, 0.15) is 34.6 Å². The summed E-state index contributed by atoms with van der Waals surface area (Å²) in [4.78, 5) is 1.21. The number of benzene rings is 3. The van der Waals surface area contributed by atoms with E-state index in [1.165, 1.54) is 4.90 Å². The zero-order valence-corrected chi connectivity index (χ0v) is 17.2. The molecular weight excluding hydrogens is 382 g/mol. The molecule has 0 unspecified atom stereocenters. The summed E-state index contributed by atoms with van der Waals surface area (Å²) in [5.74, 6) is 0.810. The van der Waals surface area contributed by atoms with E-state index in [-0.39, 0.29) is 12.1 Å². The number of nitrogens with zero attached hydrogens (tertiary/aromatic N) is 4. The van der Waals surface area contributed by atoms with E-state index < -0.39 is 0 Å². The van der Waals surface area contributed by atoms with E-state index in [0.29, 0.717) is 5.02 Å². The average molecular weight is 405 g/mol. The van der Waals surface area contributed by atoms with Gasteiger partial charge in [-0.2, -0.15) is 0 Å². The summed E-state index contributed by atoms with van der Waals surface area (Å²) in [7, 11) is 4.22. The van der Waals surface area contributed by atoms with Crippen LogP contribution in [-0.2, 0) is 0 Å². The van der Waals surface area contributed by atoms with E-state index in [4.69, 9.17) is 11.6 Å². The lowest BCUT2D eigenvalue weighted by atomic mass is 9.98. The van der Waals surface area contributed by atoms with Gasteiger partial charge in [0.25, 0.3) is 0 Å². The summed E-state index contributed by atoms with van der Waals surface area (Å²) >= 11 is 6.11. The molecule has 5 nitrogen and oxygen atoms in total. The van der Waals surface area contributed by atoms with Gasteiger partial charge < -0.3 is 4.90 Å². The maximum Gasteiger partial charge on any atom is 0.215 e. The number of quaternary nitrogens is 1. The highest BCUT2D eigenvalue weighted by atomic mass is 35.5. The fourth-order valence-electron chi connectivity index (χ4n) is 3.72. The maximum atomic E-state index is 6.11. The quantitative estimate of drug-likeness (QED) is 0.537. The predicted octanol–water partition coefficient (Wildman–Crippen LogP) is 3.20. The molecule has 0 amide bonds. The van der Waals surface area contributed by atoms with Crippen molar-refractivity contribution in [2.45, 2.75) is 12.1 Å². The zero-order valence-electron chi connectivity index (χ0n) is 16.4. The second-order valence-electron chi connectivity index (χ2n) is 7.27. The normalized spacial score (nSPS) is 12.4. The van der Waals surface area contributed by atoms with Gasteiger partial charge in [-0.3, -0.25) is 0 Å². The van der Waals surface area contributed by atoms with Gasteiger partial charge in [-0.25, -0.2) is 4.68 Å². The molecule has 0 aliphatic rings. The molecule has 0 radical (unpaired) electrons. The fourth-order valence-corrected chi connectivity index (χ4v) is 3.84. The van der Waals surface area contributed by atoms with Crippen LogP contribution < -0.4 is 4.90 Å². The van der Waals surface area contributed by atoms with Crippen molar-refractivity contribution >= 4 is 11.6 Å². The van der Waals surface area contributed by atoms with Crippen LogP contribution in [0, 0.1) is 0 Å². The van der Waals surface area contributed by atoms with Gasteiger partial charge in [0.2, 0.25) is 5.82 Å². The van der Waals surface area contributed by atoms with Crippen molar-refractivity contribution in [3.63, 3.8) is 0 Å². The molecule has 6 heteroatoms. The molecule has 4 aromatic rings. The Bertz CT molecular complexity index is 1010. The van der Waals surface area contributed by atoms with E-state index in [0.717, 1.165) is 22.5 Å². The minimum atomic E-state index is -0.114. The molecule has 1 atom stereocenters. The largest absolute Gasteiger partial charge is 0.327 e. The van der Waals surface area contributed by atoms with Crippen LogP contribution in [-0.4, -0.2) is 34.3 Å². The molecule has 1 N–H and O–H groups in total. The van der Waals surface area contributed by atoms with Gasteiger partial charge in [-0.15, -0.1) is 5.10 Å². The number of halogens is 1. The predicted molar refractivity (Wildman–Crippen MR) is 114 cm³/mol. The van der Waals surface area contributed by atoms with Crippen molar-refractivity contribution in [1.29, 1.82) is 0 Å². The van der Waals surface area contributed by atoms with Gasteiger partial charge in [-0.05, 0) is 33.7 Å². The molecule has 4 rings (SSSR count). The summed E-state index contributed by atoms with van der Waals surface area (Å²) < 4.78 is 1.94. The first-order valence-electron chi connectivity index (χ1n) is 9.58. The van der Waals surface area contributed by atoms with Crippen molar-refractivity contribution in [2.24, 2.45) is 0 Å².